The third-order valence-electron chi connectivity index (χ3n) is 3.77. The number of carbonyl (C=O) groups is 2. The van der Waals surface area contributed by atoms with Gasteiger partial charge in [0.25, 0.3) is 0 Å². The number of aliphatic hydroxyl groups excluding tert-OH is 1. The second-order valence-electron chi connectivity index (χ2n) is 6.13. The number of hydrogen-bond donors (Lipinski definition) is 3. The van der Waals surface area contributed by atoms with Crippen LogP contribution in [0.2, 0.25) is 0 Å². The van der Waals surface area contributed by atoms with E-state index in [1.807, 2.05) is 11.4 Å². The first-order valence-corrected chi connectivity index (χ1v) is 8.64. The molecule has 2 rings (SSSR count). The van der Waals surface area contributed by atoms with Crippen LogP contribution < -0.4 is 10.6 Å². The van der Waals surface area contributed by atoms with Gasteiger partial charge in [-0.2, -0.15) is 0 Å². The number of thiophene rings is 1. The van der Waals surface area contributed by atoms with Crippen LogP contribution >= 0.6 is 11.3 Å². The summed E-state index contributed by atoms with van der Waals surface area (Å²) in [6.07, 6.45) is 1.75. The number of amides is 2. The van der Waals surface area contributed by atoms with E-state index in [1.165, 1.54) is 11.8 Å². The van der Waals surface area contributed by atoms with Gasteiger partial charge in [0.2, 0.25) is 11.8 Å². The number of aliphatic hydroxyl groups is 1. The second kappa shape index (κ2) is 7.74. The van der Waals surface area contributed by atoms with Gasteiger partial charge < -0.3 is 15.7 Å². The highest BCUT2D eigenvalue weighted by molar-refractivity contribution is 7.09. The molecular formula is C16H24N2O3S. The number of nitrogens with one attached hydrogen (secondary N) is 2. The molecule has 0 bridgehead atoms. The summed E-state index contributed by atoms with van der Waals surface area (Å²) in [6.45, 7) is 4.12. The van der Waals surface area contributed by atoms with Crippen LogP contribution in [0.4, 0.5) is 0 Å². The normalized spacial score (nSPS) is 18.3. The van der Waals surface area contributed by atoms with Gasteiger partial charge in [-0.15, -0.1) is 11.3 Å². The second-order valence-corrected chi connectivity index (χ2v) is 7.17. The molecular weight excluding hydrogens is 300 g/mol. The van der Waals surface area contributed by atoms with Gasteiger partial charge in [-0.3, -0.25) is 9.59 Å². The standard InChI is InChI=1S/C16H24N2O3S/c1-10(8-13-4-3-7-22-13)9-17-16(21)14(11(2)19)18-15(20)12-5-6-12/h3-4,7,10-12,14,19H,5-6,8-9H2,1-2H3,(H,17,21)(H,18,20). The third kappa shape index (κ3) is 5.10. The van der Waals surface area contributed by atoms with Crippen molar-refractivity contribution in [3.05, 3.63) is 22.4 Å². The topological polar surface area (TPSA) is 78.4 Å². The minimum Gasteiger partial charge on any atom is -0.391 e. The molecule has 1 heterocycles. The minimum absolute atomic E-state index is 0.0202. The zero-order valence-electron chi connectivity index (χ0n) is 13.0. The van der Waals surface area contributed by atoms with Crippen LogP contribution in [-0.4, -0.2) is 35.6 Å². The van der Waals surface area contributed by atoms with Crippen LogP contribution in [0.15, 0.2) is 17.5 Å². The van der Waals surface area contributed by atoms with Crippen molar-refractivity contribution in [3.63, 3.8) is 0 Å². The molecule has 0 spiro atoms. The molecule has 1 fully saturated rings. The summed E-state index contributed by atoms with van der Waals surface area (Å²) < 4.78 is 0. The fraction of sp³-hybridized carbons (Fsp3) is 0.625. The Labute approximate surface area is 135 Å². The zero-order valence-corrected chi connectivity index (χ0v) is 13.9. The summed E-state index contributed by atoms with van der Waals surface area (Å²) in [5, 5.41) is 17.3. The quantitative estimate of drug-likeness (QED) is 0.675. The van der Waals surface area contributed by atoms with Crippen molar-refractivity contribution in [2.75, 3.05) is 6.54 Å². The molecule has 3 unspecified atom stereocenters. The van der Waals surface area contributed by atoms with E-state index in [1.54, 1.807) is 11.3 Å². The Balaban J connectivity index is 1.78. The predicted octanol–water partition coefficient (Wildman–Crippen LogP) is 1.32. The van der Waals surface area contributed by atoms with Crippen LogP contribution in [0.3, 0.4) is 0 Å². The van der Waals surface area contributed by atoms with Gasteiger partial charge in [0, 0.05) is 17.3 Å². The Morgan fingerprint density at radius 3 is 2.68 bits per heavy atom. The summed E-state index contributed by atoms with van der Waals surface area (Å²) >= 11 is 1.71. The Morgan fingerprint density at radius 1 is 1.41 bits per heavy atom. The van der Waals surface area contributed by atoms with Crippen molar-refractivity contribution in [1.29, 1.82) is 0 Å². The number of hydrogen-bond acceptors (Lipinski definition) is 4. The van der Waals surface area contributed by atoms with Crippen molar-refractivity contribution < 1.29 is 14.7 Å². The molecule has 0 saturated heterocycles. The third-order valence-corrected chi connectivity index (χ3v) is 4.66. The van der Waals surface area contributed by atoms with Gasteiger partial charge in [0.05, 0.1) is 6.10 Å². The van der Waals surface area contributed by atoms with E-state index >= 15 is 0 Å². The maximum atomic E-state index is 12.2. The van der Waals surface area contributed by atoms with E-state index < -0.39 is 12.1 Å². The lowest BCUT2D eigenvalue weighted by Crippen LogP contribution is -2.53. The van der Waals surface area contributed by atoms with Gasteiger partial charge in [-0.05, 0) is 43.6 Å². The molecule has 3 N–H and O–H groups in total. The molecule has 3 atom stereocenters. The van der Waals surface area contributed by atoms with E-state index in [-0.39, 0.29) is 17.7 Å². The van der Waals surface area contributed by atoms with Gasteiger partial charge >= 0.3 is 0 Å². The van der Waals surface area contributed by atoms with Gasteiger partial charge in [-0.1, -0.05) is 13.0 Å². The molecule has 5 nitrogen and oxygen atoms in total. The number of carbonyl (C=O) groups excluding carboxylic acids is 2. The Bertz CT molecular complexity index is 497. The fourth-order valence-electron chi connectivity index (χ4n) is 2.25. The van der Waals surface area contributed by atoms with Crippen molar-refractivity contribution in [2.24, 2.45) is 11.8 Å². The molecule has 0 aliphatic heterocycles. The van der Waals surface area contributed by atoms with Crippen molar-refractivity contribution >= 4 is 23.2 Å². The molecule has 1 aliphatic carbocycles. The molecule has 2 amide bonds. The van der Waals surface area contributed by atoms with Crippen LogP contribution in [0.5, 0.6) is 0 Å². The lowest BCUT2D eigenvalue weighted by Gasteiger charge is -2.22. The Kier molecular flexibility index (Phi) is 5.97. The van der Waals surface area contributed by atoms with Gasteiger partial charge in [0.15, 0.2) is 0 Å². The van der Waals surface area contributed by atoms with Crippen molar-refractivity contribution in [1.82, 2.24) is 10.6 Å². The van der Waals surface area contributed by atoms with Crippen LogP contribution in [-0.2, 0) is 16.0 Å². The summed E-state index contributed by atoms with van der Waals surface area (Å²) in [7, 11) is 0. The first-order chi connectivity index (χ1) is 10.5. The first-order valence-electron chi connectivity index (χ1n) is 7.76. The highest BCUT2D eigenvalue weighted by Crippen LogP contribution is 2.29. The highest BCUT2D eigenvalue weighted by Gasteiger charge is 2.34. The summed E-state index contributed by atoms with van der Waals surface area (Å²) in [6, 6.07) is 3.22. The SMILES string of the molecule is CC(CNC(=O)C(NC(=O)C1CC1)C(C)O)Cc1cccs1. The highest BCUT2D eigenvalue weighted by atomic mass is 32.1. The maximum absolute atomic E-state index is 12.2. The lowest BCUT2D eigenvalue weighted by atomic mass is 10.1. The molecule has 1 saturated carbocycles. The molecule has 0 aromatic carbocycles. The molecule has 22 heavy (non-hydrogen) atoms. The maximum Gasteiger partial charge on any atom is 0.245 e. The summed E-state index contributed by atoms with van der Waals surface area (Å²) in [5.41, 5.74) is 0. The smallest absolute Gasteiger partial charge is 0.245 e. The molecule has 1 aliphatic rings. The van der Waals surface area contributed by atoms with Gasteiger partial charge in [0.1, 0.15) is 6.04 Å². The molecule has 6 heteroatoms. The van der Waals surface area contributed by atoms with E-state index in [0.717, 1.165) is 19.3 Å². The van der Waals surface area contributed by atoms with Crippen LogP contribution in [0, 0.1) is 11.8 Å². The monoisotopic (exact) mass is 324 g/mol. The fourth-order valence-corrected chi connectivity index (χ4v) is 3.12. The zero-order chi connectivity index (χ0) is 16.1. The van der Waals surface area contributed by atoms with Gasteiger partial charge in [-0.25, -0.2) is 0 Å². The molecule has 122 valence electrons. The van der Waals surface area contributed by atoms with Crippen LogP contribution in [0.25, 0.3) is 0 Å². The van der Waals surface area contributed by atoms with E-state index in [2.05, 4.69) is 23.6 Å². The molecule has 1 aromatic rings. The van der Waals surface area contributed by atoms with Crippen molar-refractivity contribution in [3.8, 4) is 0 Å². The van der Waals surface area contributed by atoms with Crippen molar-refractivity contribution in [2.45, 2.75) is 45.3 Å². The summed E-state index contributed by atoms with van der Waals surface area (Å²) in [5.74, 6) is -0.127. The number of rotatable bonds is 8. The summed E-state index contributed by atoms with van der Waals surface area (Å²) in [4.78, 5) is 25.2. The minimum atomic E-state index is -0.907. The average Bonchev–Trinajstić information content (AvgIpc) is 3.20. The first kappa shape index (κ1) is 17.0. The Hall–Kier alpha value is -1.40. The Morgan fingerprint density at radius 2 is 2.14 bits per heavy atom. The largest absolute Gasteiger partial charge is 0.391 e. The lowest BCUT2D eigenvalue weighted by molar-refractivity contribution is -0.132. The molecule has 0 radical (unpaired) electrons. The van der Waals surface area contributed by atoms with E-state index in [9.17, 15) is 14.7 Å². The van der Waals surface area contributed by atoms with Crippen LogP contribution in [0.1, 0.15) is 31.6 Å². The van der Waals surface area contributed by atoms with E-state index in [0.29, 0.717) is 12.5 Å². The molecule has 1 aromatic heterocycles. The van der Waals surface area contributed by atoms with E-state index in [4.69, 9.17) is 0 Å². The average molecular weight is 324 g/mol. The predicted molar refractivity (Wildman–Crippen MR) is 86.5 cm³/mol.